The molecule has 11 aliphatic rings. The number of hydrogen-bond donors (Lipinski definition) is 14. The first-order valence-electron chi connectivity index (χ1n) is 31.5. The van der Waals surface area contributed by atoms with Crippen LogP contribution in [0.25, 0.3) is 0 Å². The molecule has 500 valence electrons. The lowest BCUT2D eigenvalue weighted by molar-refractivity contribution is -0.404. The van der Waals surface area contributed by atoms with Crippen LogP contribution in [0.4, 0.5) is 0 Å². The number of rotatable bonds is 14. The van der Waals surface area contributed by atoms with E-state index in [-0.39, 0.29) is 45.4 Å². The summed E-state index contributed by atoms with van der Waals surface area (Å²) in [4.78, 5) is 12.1. The van der Waals surface area contributed by atoms with E-state index in [1.165, 1.54) is 13.8 Å². The first-order valence-corrected chi connectivity index (χ1v) is 31.5. The van der Waals surface area contributed by atoms with Crippen LogP contribution in [-0.4, -0.2) is 276 Å². The van der Waals surface area contributed by atoms with Crippen LogP contribution in [0.3, 0.4) is 0 Å². The van der Waals surface area contributed by atoms with Crippen LogP contribution in [0.2, 0.25) is 0 Å². The Morgan fingerprint density at radius 2 is 1.14 bits per heavy atom. The van der Waals surface area contributed by atoms with Crippen molar-refractivity contribution in [1.29, 1.82) is 0 Å². The molecule has 0 radical (unpaired) electrons. The third kappa shape index (κ3) is 10.8. The Hall–Kier alpha value is -1.53. The maximum absolute atomic E-state index is 12.7. The molecule has 1 spiro atoms. The summed E-state index contributed by atoms with van der Waals surface area (Å²) in [5, 5.41) is 155. The molecule has 6 aliphatic heterocycles. The van der Waals surface area contributed by atoms with Gasteiger partial charge in [-0.1, -0.05) is 41.5 Å². The topological polar surface area (TPSA) is 411 Å². The molecule has 11 fully saturated rings. The van der Waals surface area contributed by atoms with Gasteiger partial charge < -0.3 is 128 Å². The van der Waals surface area contributed by atoms with E-state index in [1.807, 2.05) is 0 Å². The second-order valence-corrected chi connectivity index (χ2v) is 29.4. The average Bonchev–Trinajstić information content (AvgIpc) is 1.65. The molecule has 6 saturated heterocycles. The highest BCUT2D eigenvalue weighted by molar-refractivity contribution is 5.65. The van der Waals surface area contributed by atoms with E-state index in [9.17, 15) is 76.3 Å². The highest BCUT2D eigenvalue weighted by atomic mass is 16.8. The predicted molar refractivity (Wildman–Crippen MR) is 292 cm³/mol. The van der Waals surface area contributed by atoms with Crippen LogP contribution in [0.15, 0.2) is 0 Å². The van der Waals surface area contributed by atoms with E-state index in [0.717, 1.165) is 51.4 Å². The van der Waals surface area contributed by atoms with Crippen molar-refractivity contribution >= 4 is 5.97 Å². The second-order valence-electron chi connectivity index (χ2n) is 29.4. The van der Waals surface area contributed by atoms with Crippen molar-refractivity contribution in [3.05, 3.63) is 0 Å². The standard InChI is InChI=1S/C60H98O27/c1-25-36(66)41(71)44(74)50(80-25)85-46-39(69)29(20-62)82-53(48(46)87-49-43(73)37(67)27(64)21-76-49)83-30-22-77-52(47(40(30)70)86-51-45(75)42(72)38(68)28(19-61)81-51)84-35-11-12-56(6)31(54(35,3)4)9-13-57(7)32(56)10-14-60-33-17-55(5,23-78-26(2)63)15-16-59(33,24-79-60)34(65)18-58(57,60)8/h25,27-53,61-62,64-75H,9-24H2,1-8H3/t25-,27+,28+,29+,30-,31-,32+,33+,34-,35-,36-,37-,38+,39+,40-,41+,42-,43+,44+,45+,46-,47+,48+,49-,50-,51-,52-,53-,55-,56-,57+,58-,59+,60-/m0/s1. The summed E-state index contributed by atoms with van der Waals surface area (Å²) in [5.41, 5.74) is -2.59. The van der Waals surface area contributed by atoms with Gasteiger partial charge in [0.25, 0.3) is 0 Å². The SMILES string of the molecule is CC(=O)OC[C@@]1(C)CC[C@]23CO[C@@]4(CC[C@@H]5[C@@]6(C)CC[C@H](O[C@@H]7OC[C@H](O[C@@H]8O[C@H](CO)[C@@H](O)[C@H](O[C@@H]9O[C@@H](C)[C@H](O)[C@@H](O)[C@H]9O)[C@H]8O[C@@H]8OC[C@@H](O)[C@H](O)[C@H]8O)[C@H](O)[C@H]7O[C@@H]7O[C@H](CO)[C@@H](O)[C@H](O)[C@H]7O)C(C)(C)[C@@H]6CC[C@@]5(C)[C@]4(C)C[C@@H]2O)[C@@H]3C1. The van der Waals surface area contributed by atoms with Gasteiger partial charge in [-0.05, 0) is 105 Å². The number of carbonyl (C=O) groups is 1. The molecule has 5 aliphatic carbocycles. The van der Waals surface area contributed by atoms with E-state index in [0.29, 0.717) is 26.1 Å². The van der Waals surface area contributed by atoms with Gasteiger partial charge >= 0.3 is 5.97 Å². The highest BCUT2D eigenvalue weighted by Crippen LogP contribution is 2.80. The summed E-state index contributed by atoms with van der Waals surface area (Å²) in [6, 6.07) is 0. The lowest BCUT2D eigenvalue weighted by atomic mass is 9.30. The molecule has 6 heterocycles. The van der Waals surface area contributed by atoms with Gasteiger partial charge in [0.1, 0.15) is 104 Å². The van der Waals surface area contributed by atoms with Gasteiger partial charge in [0.15, 0.2) is 31.5 Å². The van der Waals surface area contributed by atoms with Crippen LogP contribution in [0.1, 0.15) is 120 Å². The smallest absolute Gasteiger partial charge is 0.302 e. The third-order valence-corrected chi connectivity index (χ3v) is 24.4. The molecule has 87 heavy (non-hydrogen) atoms. The number of hydrogen-bond acceptors (Lipinski definition) is 27. The molecule has 34 atom stereocenters. The minimum atomic E-state index is -1.95. The minimum Gasteiger partial charge on any atom is -0.465 e. The lowest BCUT2D eigenvalue weighted by Crippen LogP contribution is -2.74. The fraction of sp³-hybridized carbons (Fsp3) is 0.983. The molecule has 0 aromatic rings. The zero-order valence-electron chi connectivity index (χ0n) is 51.0. The summed E-state index contributed by atoms with van der Waals surface area (Å²) in [7, 11) is 0. The molecule has 0 unspecified atom stereocenters. The predicted octanol–water partition coefficient (Wildman–Crippen LogP) is -2.68. The van der Waals surface area contributed by atoms with Crippen molar-refractivity contribution in [2.45, 2.75) is 279 Å². The van der Waals surface area contributed by atoms with E-state index >= 15 is 0 Å². The molecule has 0 aromatic heterocycles. The maximum Gasteiger partial charge on any atom is 0.302 e. The highest BCUT2D eigenvalue weighted by Gasteiger charge is 2.80. The van der Waals surface area contributed by atoms with Gasteiger partial charge in [-0.2, -0.15) is 0 Å². The number of aliphatic hydroxyl groups is 14. The fourth-order valence-electron chi connectivity index (χ4n) is 19.1. The molecular formula is C60H98O27. The van der Waals surface area contributed by atoms with Crippen molar-refractivity contribution < 1.29 is 133 Å². The van der Waals surface area contributed by atoms with Gasteiger partial charge in [-0.15, -0.1) is 0 Å². The van der Waals surface area contributed by atoms with Crippen LogP contribution in [0, 0.1) is 50.2 Å². The zero-order valence-corrected chi connectivity index (χ0v) is 51.0. The molecule has 5 saturated carbocycles. The van der Waals surface area contributed by atoms with E-state index in [2.05, 4.69) is 41.5 Å². The Labute approximate surface area is 506 Å². The van der Waals surface area contributed by atoms with E-state index < -0.39 is 196 Å². The Morgan fingerprint density at radius 1 is 0.529 bits per heavy atom. The van der Waals surface area contributed by atoms with Gasteiger partial charge in [0, 0.05) is 23.2 Å². The third-order valence-electron chi connectivity index (χ3n) is 24.4. The van der Waals surface area contributed by atoms with Crippen molar-refractivity contribution in [3.63, 3.8) is 0 Å². The summed E-state index contributed by atoms with van der Waals surface area (Å²) in [6.07, 6.45) is -33.2. The summed E-state index contributed by atoms with van der Waals surface area (Å²) in [5.74, 6) is 0.0615. The van der Waals surface area contributed by atoms with Crippen molar-refractivity contribution in [2.75, 3.05) is 39.6 Å². The summed E-state index contributed by atoms with van der Waals surface area (Å²) >= 11 is 0. The molecule has 0 aromatic carbocycles. The first kappa shape index (κ1) is 66.9. The van der Waals surface area contributed by atoms with Crippen molar-refractivity contribution in [2.24, 2.45) is 50.2 Å². The van der Waals surface area contributed by atoms with Crippen LogP contribution >= 0.6 is 0 Å². The zero-order chi connectivity index (χ0) is 63.0. The average molecular weight is 1250 g/mol. The molecular weight excluding hydrogens is 1150 g/mol. The van der Waals surface area contributed by atoms with Crippen LogP contribution in [0.5, 0.6) is 0 Å². The molecule has 11 rings (SSSR count). The summed E-state index contributed by atoms with van der Waals surface area (Å²) in [6.45, 7) is 14.6. The maximum atomic E-state index is 12.7. The Balaban J connectivity index is 0.861. The van der Waals surface area contributed by atoms with E-state index in [1.54, 1.807) is 0 Å². The van der Waals surface area contributed by atoms with Crippen LogP contribution in [-0.2, 0) is 61.6 Å². The Kier molecular flexibility index (Phi) is 18.7. The largest absolute Gasteiger partial charge is 0.465 e. The van der Waals surface area contributed by atoms with Crippen LogP contribution < -0.4 is 0 Å². The molecule has 14 N–H and O–H groups in total. The number of esters is 1. The van der Waals surface area contributed by atoms with Crippen molar-refractivity contribution in [3.8, 4) is 0 Å². The van der Waals surface area contributed by atoms with Gasteiger partial charge in [0.2, 0.25) is 0 Å². The quantitative estimate of drug-likeness (QED) is 0.0623. The second kappa shape index (κ2) is 24.3. The summed E-state index contributed by atoms with van der Waals surface area (Å²) < 4.78 is 74.8. The molecule has 27 nitrogen and oxygen atoms in total. The minimum absolute atomic E-state index is 0.0748. The molecule has 0 amide bonds. The lowest BCUT2D eigenvalue weighted by Gasteiger charge is -2.75. The van der Waals surface area contributed by atoms with E-state index in [4.69, 9.17) is 56.8 Å². The number of aliphatic hydroxyl groups excluding tert-OH is 14. The number of ether oxygens (including phenoxy) is 12. The van der Waals surface area contributed by atoms with Gasteiger partial charge in [-0.25, -0.2) is 0 Å². The van der Waals surface area contributed by atoms with Gasteiger partial charge in [0.05, 0.1) is 63.6 Å². The fourth-order valence-corrected chi connectivity index (χ4v) is 19.1. The molecule has 2 bridgehead atoms. The first-order chi connectivity index (χ1) is 40.9. The number of fused-ring (bicyclic) bond motifs is 4. The van der Waals surface area contributed by atoms with Gasteiger partial charge in [-0.3, -0.25) is 4.79 Å². The monoisotopic (exact) mass is 1250 g/mol. The van der Waals surface area contributed by atoms with Crippen molar-refractivity contribution in [1.82, 2.24) is 0 Å². The molecule has 27 heteroatoms. The Morgan fingerprint density at radius 3 is 1.83 bits per heavy atom. The Bertz CT molecular complexity index is 2410. The number of carbonyl (C=O) groups excluding carboxylic acids is 1. The normalized spacial score (nSPS) is 56.5.